The third-order valence-electron chi connectivity index (χ3n) is 4.81. The van der Waals surface area contributed by atoms with Crippen LogP contribution in [-0.4, -0.2) is 21.1 Å². The molecule has 0 aliphatic rings. The van der Waals surface area contributed by atoms with Crippen molar-refractivity contribution in [1.29, 1.82) is 0 Å². The summed E-state index contributed by atoms with van der Waals surface area (Å²) in [5.41, 5.74) is 4.48. The van der Waals surface area contributed by atoms with Crippen LogP contribution in [0.3, 0.4) is 0 Å². The number of amides is 1. The summed E-state index contributed by atoms with van der Waals surface area (Å²) in [6.07, 6.45) is 1.13. The summed E-state index contributed by atoms with van der Waals surface area (Å²) in [5, 5.41) is 16.2. The minimum absolute atomic E-state index is 0.00863. The SMILES string of the molecule is CCc1ccc2oc(-c3ccc(NC(=S)NC(=O)Cc4ccccc4)cc3O)nc2c1. The molecule has 0 aliphatic carbocycles. The molecule has 31 heavy (non-hydrogen) atoms. The second-order valence-electron chi connectivity index (χ2n) is 7.07. The van der Waals surface area contributed by atoms with Crippen molar-refractivity contribution < 1.29 is 14.3 Å². The van der Waals surface area contributed by atoms with Gasteiger partial charge in [-0.3, -0.25) is 4.79 Å². The number of aryl methyl sites for hydroxylation is 1. The summed E-state index contributed by atoms with van der Waals surface area (Å²) in [6, 6.07) is 20.2. The van der Waals surface area contributed by atoms with Gasteiger partial charge in [-0.25, -0.2) is 4.98 Å². The number of hydrogen-bond donors (Lipinski definition) is 3. The number of fused-ring (bicyclic) bond motifs is 1. The molecule has 0 spiro atoms. The van der Waals surface area contributed by atoms with Gasteiger partial charge in [-0.15, -0.1) is 0 Å². The van der Waals surface area contributed by atoms with Crippen molar-refractivity contribution in [2.24, 2.45) is 0 Å². The Morgan fingerprint density at radius 2 is 1.87 bits per heavy atom. The number of rotatable bonds is 5. The molecule has 3 N–H and O–H groups in total. The van der Waals surface area contributed by atoms with Crippen LogP contribution in [0.15, 0.2) is 71.1 Å². The predicted molar refractivity (Wildman–Crippen MR) is 125 cm³/mol. The standard InChI is InChI=1S/C24H21N3O3S/c1-2-15-8-11-21-19(12-15)26-23(30-21)18-10-9-17(14-20(18)28)25-24(31)27-22(29)13-16-6-4-3-5-7-16/h3-12,14,28H,2,13H2,1H3,(H2,25,27,29,31). The Labute approximate surface area is 184 Å². The van der Waals surface area contributed by atoms with Gasteiger partial charge in [0.05, 0.1) is 12.0 Å². The number of aromatic hydroxyl groups is 1. The van der Waals surface area contributed by atoms with Gasteiger partial charge >= 0.3 is 0 Å². The predicted octanol–water partition coefficient (Wildman–Crippen LogP) is 4.82. The van der Waals surface area contributed by atoms with Crippen LogP contribution in [-0.2, 0) is 17.6 Å². The van der Waals surface area contributed by atoms with Crippen molar-refractivity contribution in [2.75, 3.05) is 5.32 Å². The molecule has 0 radical (unpaired) electrons. The zero-order valence-corrected chi connectivity index (χ0v) is 17.7. The summed E-state index contributed by atoms with van der Waals surface area (Å²) in [5.74, 6) is 0.110. The molecule has 4 aromatic rings. The molecule has 0 bridgehead atoms. The van der Waals surface area contributed by atoms with Crippen molar-refractivity contribution in [1.82, 2.24) is 10.3 Å². The summed E-state index contributed by atoms with van der Waals surface area (Å²) < 4.78 is 5.79. The highest BCUT2D eigenvalue weighted by molar-refractivity contribution is 7.80. The Morgan fingerprint density at radius 1 is 1.06 bits per heavy atom. The fourth-order valence-electron chi connectivity index (χ4n) is 3.21. The van der Waals surface area contributed by atoms with Gasteiger partial charge in [0, 0.05) is 11.8 Å². The summed E-state index contributed by atoms with van der Waals surface area (Å²) in [7, 11) is 0. The maximum Gasteiger partial charge on any atom is 0.231 e. The zero-order valence-electron chi connectivity index (χ0n) is 16.9. The fraction of sp³-hybridized carbons (Fsp3) is 0.125. The average Bonchev–Trinajstić information content (AvgIpc) is 3.17. The number of carbonyl (C=O) groups excluding carboxylic acids is 1. The van der Waals surface area contributed by atoms with Gasteiger partial charge in [0.15, 0.2) is 10.7 Å². The average molecular weight is 432 g/mol. The van der Waals surface area contributed by atoms with Crippen molar-refractivity contribution in [2.45, 2.75) is 19.8 Å². The fourth-order valence-corrected chi connectivity index (χ4v) is 3.44. The van der Waals surface area contributed by atoms with Crippen molar-refractivity contribution in [3.05, 3.63) is 77.9 Å². The first-order chi connectivity index (χ1) is 15.0. The van der Waals surface area contributed by atoms with E-state index in [9.17, 15) is 9.90 Å². The molecule has 4 rings (SSSR count). The molecule has 0 saturated carbocycles. The van der Waals surface area contributed by atoms with Crippen LogP contribution in [0.1, 0.15) is 18.1 Å². The molecule has 0 atom stereocenters. The van der Waals surface area contributed by atoms with Crippen molar-refractivity contribution >= 4 is 40.0 Å². The van der Waals surface area contributed by atoms with E-state index in [2.05, 4.69) is 22.5 Å². The highest BCUT2D eigenvalue weighted by Crippen LogP contribution is 2.33. The smallest absolute Gasteiger partial charge is 0.231 e. The third kappa shape index (κ3) is 4.90. The number of anilines is 1. The molecule has 1 heterocycles. The minimum atomic E-state index is -0.220. The van der Waals surface area contributed by atoms with Gasteiger partial charge < -0.3 is 20.2 Å². The maximum absolute atomic E-state index is 12.1. The molecule has 6 nitrogen and oxygen atoms in total. The number of hydrogen-bond acceptors (Lipinski definition) is 5. The van der Waals surface area contributed by atoms with Gasteiger partial charge in [0.1, 0.15) is 11.3 Å². The lowest BCUT2D eigenvalue weighted by Crippen LogP contribution is -2.35. The Bertz CT molecular complexity index is 1250. The zero-order chi connectivity index (χ0) is 21.8. The molecule has 3 aromatic carbocycles. The molecule has 1 amide bonds. The van der Waals surface area contributed by atoms with E-state index in [4.69, 9.17) is 16.6 Å². The van der Waals surface area contributed by atoms with E-state index >= 15 is 0 Å². The Hall–Kier alpha value is -3.71. The van der Waals surface area contributed by atoms with E-state index in [-0.39, 0.29) is 23.2 Å². The number of carbonyl (C=O) groups is 1. The van der Waals surface area contributed by atoms with Crippen LogP contribution >= 0.6 is 12.2 Å². The third-order valence-corrected chi connectivity index (χ3v) is 5.01. The Morgan fingerprint density at radius 3 is 2.61 bits per heavy atom. The second-order valence-corrected chi connectivity index (χ2v) is 7.48. The highest BCUT2D eigenvalue weighted by atomic mass is 32.1. The maximum atomic E-state index is 12.1. The number of oxazole rings is 1. The number of nitrogens with zero attached hydrogens (tertiary/aromatic N) is 1. The molecule has 1 aromatic heterocycles. The van der Waals surface area contributed by atoms with Crippen LogP contribution in [0.2, 0.25) is 0 Å². The molecule has 0 fully saturated rings. The van der Waals surface area contributed by atoms with Crippen molar-refractivity contribution in [3.63, 3.8) is 0 Å². The van der Waals surface area contributed by atoms with E-state index in [1.807, 2.05) is 48.5 Å². The number of phenols is 1. The van der Waals surface area contributed by atoms with E-state index in [0.717, 1.165) is 17.5 Å². The summed E-state index contributed by atoms with van der Waals surface area (Å²) >= 11 is 5.21. The Balaban J connectivity index is 1.43. The van der Waals surface area contributed by atoms with Crippen molar-refractivity contribution in [3.8, 4) is 17.2 Å². The van der Waals surface area contributed by atoms with Gasteiger partial charge in [0.25, 0.3) is 0 Å². The van der Waals surface area contributed by atoms with E-state index in [1.54, 1.807) is 12.1 Å². The minimum Gasteiger partial charge on any atom is -0.507 e. The number of nitrogens with one attached hydrogen (secondary N) is 2. The summed E-state index contributed by atoms with van der Waals surface area (Å²) in [6.45, 7) is 2.08. The monoisotopic (exact) mass is 431 g/mol. The number of aromatic nitrogens is 1. The summed E-state index contributed by atoms with van der Waals surface area (Å²) in [4.78, 5) is 16.6. The van der Waals surface area contributed by atoms with Crippen LogP contribution in [0.25, 0.3) is 22.6 Å². The molecular formula is C24H21N3O3S. The van der Waals surface area contributed by atoms with Crippen LogP contribution in [0, 0.1) is 0 Å². The lowest BCUT2D eigenvalue weighted by Gasteiger charge is -2.11. The van der Waals surface area contributed by atoms with E-state index < -0.39 is 0 Å². The first-order valence-electron chi connectivity index (χ1n) is 9.89. The van der Waals surface area contributed by atoms with Gasteiger partial charge in [-0.05, 0) is 54.0 Å². The lowest BCUT2D eigenvalue weighted by atomic mass is 10.1. The second kappa shape index (κ2) is 8.97. The van der Waals surface area contributed by atoms with Gasteiger partial charge in [0.2, 0.25) is 11.8 Å². The number of benzene rings is 3. The lowest BCUT2D eigenvalue weighted by molar-refractivity contribution is -0.119. The molecule has 0 unspecified atom stereocenters. The number of thiocarbonyl (C=S) groups is 1. The van der Waals surface area contributed by atoms with Gasteiger partial charge in [-0.1, -0.05) is 43.3 Å². The number of phenolic OH excluding ortho intramolecular Hbond substituents is 1. The van der Waals surface area contributed by atoms with E-state index in [1.165, 1.54) is 11.6 Å². The van der Waals surface area contributed by atoms with Gasteiger partial charge in [-0.2, -0.15) is 0 Å². The molecule has 0 saturated heterocycles. The molecule has 0 aliphatic heterocycles. The largest absolute Gasteiger partial charge is 0.507 e. The van der Waals surface area contributed by atoms with E-state index in [0.29, 0.717) is 22.7 Å². The first-order valence-corrected chi connectivity index (χ1v) is 10.3. The van der Waals surface area contributed by atoms with Crippen LogP contribution in [0.4, 0.5) is 5.69 Å². The Kier molecular flexibility index (Phi) is 5.95. The molecule has 7 heteroatoms. The first kappa shape index (κ1) is 20.6. The van der Waals surface area contributed by atoms with Crippen LogP contribution < -0.4 is 10.6 Å². The normalized spacial score (nSPS) is 10.7. The highest BCUT2D eigenvalue weighted by Gasteiger charge is 2.14. The molecule has 156 valence electrons. The van der Waals surface area contributed by atoms with Crippen LogP contribution in [0.5, 0.6) is 5.75 Å². The topological polar surface area (TPSA) is 87.4 Å². The molecular weight excluding hydrogens is 410 g/mol. The quantitative estimate of drug-likeness (QED) is 0.393.